The number of aliphatic carboxylic acids is 1. The van der Waals surface area contributed by atoms with Crippen molar-refractivity contribution in [3.05, 3.63) is 99.0 Å². The van der Waals surface area contributed by atoms with Gasteiger partial charge in [-0.2, -0.15) is 14.5 Å². The van der Waals surface area contributed by atoms with Gasteiger partial charge in [-0.25, -0.2) is 17.6 Å². The van der Waals surface area contributed by atoms with E-state index in [1.165, 1.54) is 28.2 Å². The van der Waals surface area contributed by atoms with E-state index in [-0.39, 0.29) is 30.5 Å². The Kier molecular flexibility index (Phi) is 9.32. The largest absolute Gasteiger partial charge is 0.493 e. The minimum Gasteiger partial charge on any atom is -0.493 e. The van der Waals surface area contributed by atoms with Crippen LogP contribution >= 0.6 is 23.4 Å². The molecule has 2 aromatic carbocycles. The van der Waals surface area contributed by atoms with Gasteiger partial charge in [-0.05, 0) is 73.2 Å². The number of carbonyl (C=O) groups is 1. The molecular weight excluding hydrogens is 715 g/mol. The van der Waals surface area contributed by atoms with Crippen LogP contribution in [-0.2, 0) is 47.8 Å². The molecule has 0 radical (unpaired) electrons. The normalized spacial score (nSPS) is 20.4. The number of aryl methyl sites for hydroxylation is 2. The van der Waals surface area contributed by atoms with Crippen molar-refractivity contribution < 1.29 is 27.4 Å². The number of thioether (sulfide) groups is 1. The lowest BCUT2D eigenvalue weighted by Crippen LogP contribution is -2.35. The molecule has 0 amide bonds. The Bertz CT molecular complexity index is 2300. The molecule has 51 heavy (non-hydrogen) atoms. The number of carboxylic acid groups (broad SMARTS) is 1. The molecule has 0 saturated heterocycles. The summed E-state index contributed by atoms with van der Waals surface area (Å²) in [6.45, 7) is 2.17. The summed E-state index contributed by atoms with van der Waals surface area (Å²) < 4.78 is 52.1. The highest BCUT2D eigenvalue weighted by molar-refractivity contribution is 7.98. The lowest BCUT2D eigenvalue weighted by molar-refractivity contribution is -0.134. The van der Waals surface area contributed by atoms with E-state index in [0.717, 1.165) is 33.5 Å². The van der Waals surface area contributed by atoms with E-state index in [2.05, 4.69) is 5.10 Å². The maximum atomic E-state index is 14.4. The van der Waals surface area contributed by atoms with Crippen LogP contribution in [0.2, 0.25) is 0 Å². The Morgan fingerprint density at radius 3 is 2.63 bits per heavy atom. The van der Waals surface area contributed by atoms with Gasteiger partial charge in [0.05, 0.1) is 43.4 Å². The fraction of sp³-hybridized carbons (Fsp3) is 0.361. The molecule has 11 nitrogen and oxygen atoms in total. The summed E-state index contributed by atoms with van der Waals surface area (Å²) in [7, 11) is 1.63. The number of aromatic nitrogens is 4. The minimum absolute atomic E-state index is 0.00709. The van der Waals surface area contributed by atoms with E-state index in [4.69, 9.17) is 21.4 Å². The summed E-state index contributed by atoms with van der Waals surface area (Å²) in [4.78, 5) is 15.5. The number of ether oxygens (including phenoxy) is 1. The van der Waals surface area contributed by atoms with Crippen molar-refractivity contribution >= 4 is 55.7 Å². The number of carboxylic acids is 1. The molecule has 7 rings (SSSR count). The molecule has 268 valence electrons. The first-order chi connectivity index (χ1) is 24.2. The first-order valence-corrected chi connectivity index (χ1v) is 19.7. The van der Waals surface area contributed by atoms with Crippen LogP contribution in [0.15, 0.2) is 69.7 Å². The average molecular weight is 753 g/mol. The minimum atomic E-state index is -3.75. The monoisotopic (exact) mass is 752 g/mol. The second-order valence-electron chi connectivity index (χ2n) is 13.2. The van der Waals surface area contributed by atoms with Gasteiger partial charge in [-0.3, -0.25) is 9.36 Å². The Balaban J connectivity index is 1.35. The molecule has 1 N–H and O–H groups in total. The Morgan fingerprint density at radius 2 is 1.88 bits per heavy atom. The Labute approximate surface area is 305 Å². The first-order valence-electron chi connectivity index (χ1n) is 16.5. The smallest absolute Gasteiger partial charge is 0.352 e. The molecule has 3 aliphatic rings. The zero-order chi connectivity index (χ0) is 36.4. The van der Waals surface area contributed by atoms with E-state index < -0.39 is 22.0 Å². The van der Waals surface area contributed by atoms with Gasteiger partial charge in [0.15, 0.2) is 0 Å². The number of benzene rings is 2. The number of hydrogen-bond donors (Lipinski definition) is 1. The van der Waals surface area contributed by atoms with E-state index in [1.54, 1.807) is 40.5 Å². The van der Waals surface area contributed by atoms with Gasteiger partial charge in [0, 0.05) is 70.7 Å². The number of fused-ring (bicyclic) bond motifs is 8. The molecule has 2 aromatic heterocycles. The average Bonchev–Trinajstić information content (AvgIpc) is 3.65. The first kappa shape index (κ1) is 35.3. The summed E-state index contributed by atoms with van der Waals surface area (Å²) in [5, 5.41) is 21.8. The van der Waals surface area contributed by atoms with Crippen LogP contribution < -0.4 is 4.74 Å². The highest BCUT2D eigenvalue weighted by atomic mass is 35.5. The summed E-state index contributed by atoms with van der Waals surface area (Å²) in [5.74, 6) is -0.566. The highest BCUT2D eigenvalue weighted by Crippen LogP contribution is 2.48. The van der Waals surface area contributed by atoms with Gasteiger partial charge in [-0.15, -0.1) is 11.8 Å². The lowest BCUT2D eigenvalue weighted by atomic mass is 9.80. The molecule has 1 unspecified atom stereocenters. The third-order valence-corrected chi connectivity index (χ3v) is 12.5. The molecule has 0 fully saturated rings. The van der Waals surface area contributed by atoms with Crippen LogP contribution in [0.5, 0.6) is 5.75 Å². The predicted octanol–water partition coefficient (Wildman–Crippen LogP) is 5.97. The van der Waals surface area contributed by atoms with Crippen molar-refractivity contribution in [2.75, 3.05) is 19.9 Å². The highest BCUT2D eigenvalue weighted by Gasteiger charge is 2.45. The molecule has 0 spiro atoms. The lowest BCUT2D eigenvalue weighted by Gasteiger charge is -2.33. The Hall–Kier alpha value is -4.11. The van der Waals surface area contributed by atoms with Gasteiger partial charge in [0.1, 0.15) is 17.3 Å². The second kappa shape index (κ2) is 13.5. The van der Waals surface area contributed by atoms with Crippen molar-refractivity contribution in [2.24, 2.45) is 20.0 Å². The molecule has 0 saturated carbocycles. The van der Waals surface area contributed by atoms with Crippen molar-refractivity contribution in [3.63, 3.8) is 0 Å². The number of halogens is 2. The van der Waals surface area contributed by atoms with E-state index in [0.29, 0.717) is 63.9 Å². The van der Waals surface area contributed by atoms with Crippen molar-refractivity contribution in [2.45, 2.75) is 49.5 Å². The van der Waals surface area contributed by atoms with Gasteiger partial charge >= 0.3 is 5.97 Å². The number of hydrogen-bond acceptors (Lipinski definition) is 8. The van der Waals surface area contributed by atoms with Gasteiger partial charge in [0.25, 0.3) is 0 Å². The molecule has 15 heteroatoms. The third kappa shape index (κ3) is 6.58. The van der Waals surface area contributed by atoms with Gasteiger partial charge in [0.2, 0.25) is 10.0 Å². The predicted molar refractivity (Wildman–Crippen MR) is 195 cm³/mol. The molecular formula is C36H38ClFN6O5S2. The van der Waals surface area contributed by atoms with Crippen LogP contribution in [0.25, 0.3) is 16.3 Å². The van der Waals surface area contributed by atoms with Crippen molar-refractivity contribution in [1.82, 2.24) is 28.8 Å². The number of sulfonamides is 1. The van der Waals surface area contributed by atoms with Crippen LogP contribution in [0, 0.1) is 18.7 Å². The van der Waals surface area contributed by atoms with Gasteiger partial charge < -0.3 is 14.7 Å². The number of likely N-dealkylation sites (N-methyl/N-ethyl adjacent to an activating group) is 1. The zero-order valence-electron chi connectivity index (χ0n) is 28.9. The van der Waals surface area contributed by atoms with E-state index in [9.17, 15) is 22.7 Å². The van der Waals surface area contributed by atoms with Crippen LogP contribution in [0.3, 0.4) is 0 Å². The van der Waals surface area contributed by atoms with Crippen LogP contribution in [0.1, 0.15) is 41.2 Å². The number of allylic oxidation sites excluding steroid dienone is 2. The molecule has 4 heterocycles. The quantitative estimate of drug-likeness (QED) is 0.264. The van der Waals surface area contributed by atoms with E-state index in [1.807, 2.05) is 38.2 Å². The second-order valence-corrected chi connectivity index (χ2v) is 16.7. The number of nitrogens with zero attached hydrogens (tertiary/aromatic N) is 6. The fourth-order valence-corrected chi connectivity index (χ4v) is 9.44. The summed E-state index contributed by atoms with van der Waals surface area (Å²) in [6.07, 6.45) is 5.90. The zero-order valence-corrected chi connectivity index (χ0v) is 31.2. The van der Waals surface area contributed by atoms with Crippen LogP contribution in [-0.4, -0.2) is 74.2 Å². The standard InChI is InChI=1S/C36H38ClFN6O5S2/c1-20-32-30(40-42(20)3)18-44(51(5,47)48)17-23-15-24(43(4)39-23)19-50-25-14-21-13-22(38)8-9-26(21)31(16-25)49-12-6-7-27-28-10-11-29(37)33(32)34(28)41(2)35(27)36(45)46/h8-11,13-16,28,34H,6-7,12,17-19H2,1-5H3,(H,45,46)/t28?,34-/m0/s1. The van der Waals surface area contributed by atoms with Crippen LogP contribution in [0.4, 0.5) is 4.39 Å². The SMILES string of the molecule is Cc1c2c(nn1C)CN(S(C)(=O)=O)Cc1cc(n(C)n1)CSc1cc(c3ccc(F)cc3c1)OCCCC1=C(C(=O)O)N(C)[C@@H]3C2=C(Cl)C=CC13. The summed E-state index contributed by atoms with van der Waals surface area (Å²) in [5.41, 5.74) is 5.08. The van der Waals surface area contributed by atoms with Gasteiger partial charge in [-0.1, -0.05) is 17.7 Å². The maximum absolute atomic E-state index is 14.4. The fourth-order valence-electron chi connectivity index (χ4n) is 7.45. The topological polar surface area (TPSA) is 123 Å². The Morgan fingerprint density at radius 1 is 1.10 bits per heavy atom. The summed E-state index contributed by atoms with van der Waals surface area (Å²) >= 11 is 8.54. The summed E-state index contributed by atoms with van der Waals surface area (Å²) in [6, 6.07) is 9.88. The maximum Gasteiger partial charge on any atom is 0.352 e. The van der Waals surface area contributed by atoms with Crippen molar-refractivity contribution in [3.8, 4) is 5.75 Å². The molecule has 4 aromatic rings. The third-order valence-electron chi connectivity index (χ3n) is 9.94. The molecule has 2 atom stereocenters. The molecule has 8 bridgehead atoms. The van der Waals surface area contributed by atoms with E-state index >= 15 is 0 Å². The van der Waals surface area contributed by atoms with Crippen molar-refractivity contribution in [1.29, 1.82) is 0 Å². The number of rotatable bonds is 2. The molecule has 1 aliphatic carbocycles. The molecule has 2 aliphatic heterocycles.